The molecule has 104 valence electrons. The Balaban J connectivity index is 2.34. The number of aliphatic carboxylic acids is 1. The lowest BCUT2D eigenvalue weighted by Crippen LogP contribution is -2.18. The molecule has 1 fully saturated rings. The van der Waals surface area contributed by atoms with E-state index in [1.54, 1.807) is 0 Å². The smallest absolute Gasteiger partial charge is 0.307 e. The van der Waals surface area contributed by atoms with Crippen LogP contribution >= 0.6 is 15.9 Å². The van der Waals surface area contributed by atoms with E-state index in [0.717, 1.165) is 0 Å². The first-order valence-electron chi connectivity index (χ1n) is 5.63. The molecule has 1 heterocycles. The van der Waals surface area contributed by atoms with E-state index in [1.807, 2.05) is 0 Å². The molecule has 2 N–H and O–H groups in total. The van der Waals surface area contributed by atoms with Gasteiger partial charge in [0.1, 0.15) is 0 Å². The summed E-state index contributed by atoms with van der Waals surface area (Å²) in [5, 5.41) is 11.8. The molecule has 0 spiro atoms. The Labute approximate surface area is 116 Å². The zero-order valence-corrected chi connectivity index (χ0v) is 11.6. The maximum absolute atomic E-state index is 13.9. The van der Waals surface area contributed by atoms with Crippen LogP contribution in [0.3, 0.4) is 0 Å². The highest BCUT2D eigenvalue weighted by atomic mass is 79.9. The first-order chi connectivity index (χ1) is 8.95. The summed E-state index contributed by atoms with van der Waals surface area (Å²) in [6.07, 6.45) is 0.227. The molecule has 2 unspecified atom stereocenters. The lowest BCUT2D eigenvalue weighted by Gasteiger charge is -2.15. The third-order valence-electron chi connectivity index (χ3n) is 3.20. The second-order valence-corrected chi connectivity index (χ2v) is 5.19. The molecule has 1 aromatic rings. The molecule has 2 rings (SSSR count). The lowest BCUT2D eigenvalue weighted by atomic mass is 9.99. The number of carboxylic acid groups (broad SMARTS) is 1. The monoisotopic (exact) mass is 335 g/mol. The van der Waals surface area contributed by atoms with Crippen molar-refractivity contribution >= 4 is 21.9 Å². The normalized spacial score (nSPS) is 22.5. The molecule has 1 saturated heterocycles. The van der Waals surface area contributed by atoms with E-state index >= 15 is 0 Å². The van der Waals surface area contributed by atoms with Crippen molar-refractivity contribution in [1.82, 2.24) is 5.32 Å². The van der Waals surface area contributed by atoms with Gasteiger partial charge in [-0.05, 0) is 28.4 Å². The fraction of sp³-hybridized carbons (Fsp3) is 0.417. The topological polar surface area (TPSA) is 58.6 Å². The number of benzene rings is 1. The largest absolute Gasteiger partial charge is 0.492 e. The summed E-state index contributed by atoms with van der Waals surface area (Å²) in [5.74, 6) is -3.82. The van der Waals surface area contributed by atoms with Gasteiger partial charge in [-0.2, -0.15) is 4.39 Å². The number of halogens is 3. The molecule has 19 heavy (non-hydrogen) atoms. The van der Waals surface area contributed by atoms with Crippen molar-refractivity contribution in [3.8, 4) is 5.75 Å². The molecule has 1 aliphatic heterocycles. The van der Waals surface area contributed by atoms with Crippen LogP contribution in [0.25, 0.3) is 0 Å². The fourth-order valence-electron chi connectivity index (χ4n) is 2.20. The van der Waals surface area contributed by atoms with Gasteiger partial charge < -0.3 is 15.2 Å². The second-order valence-electron chi connectivity index (χ2n) is 4.34. The molecule has 2 atom stereocenters. The molecule has 0 radical (unpaired) electrons. The number of ether oxygens (including phenoxy) is 1. The Bertz CT molecular complexity index is 524. The number of nitrogens with one attached hydrogen (secondary N) is 1. The van der Waals surface area contributed by atoms with Crippen molar-refractivity contribution < 1.29 is 23.4 Å². The fourth-order valence-corrected chi connectivity index (χ4v) is 2.78. The van der Waals surface area contributed by atoms with Gasteiger partial charge in [-0.1, -0.05) is 0 Å². The van der Waals surface area contributed by atoms with Gasteiger partial charge in [0.2, 0.25) is 5.82 Å². The number of hydrogen-bond acceptors (Lipinski definition) is 3. The van der Waals surface area contributed by atoms with Gasteiger partial charge in [0.05, 0.1) is 17.5 Å². The minimum Gasteiger partial charge on any atom is -0.492 e. The minimum absolute atomic E-state index is 0.105. The molecule has 4 nitrogen and oxygen atoms in total. The third kappa shape index (κ3) is 2.57. The highest BCUT2D eigenvalue weighted by Crippen LogP contribution is 2.37. The third-order valence-corrected chi connectivity index (χ3v) is 3.79. The van der Waals surface area contributed by atoms with Crippen molar-refractivity contribution in [1.29, 1.82) is 0 Å². The number of carbonyl (C=O) groups is 1. The maximum Gasteiger partial charge on any atom is 0.307 e. The Morgan fingerprint density at radius 2 is 2.21 bits per heavy atom. The lowest BCUT2D eigenvalue weighted by molar-refractivity contribution is -0.141. The second kappa shape index (κ2) is 5.42. The molecule has 1 aromatic carbocycles. The van der Waals surface area contributed by atoms with Crippen molar-refractivity contribution in [3.05, 3.63) is 27.7 Å². The summed E-state index contributed by atoms with van der Waals surface area (Å²) in [5.41, 5.74) is 0.105. The van der Waals surface area contributed by atoms with Gasteiger partial charge in [-0.25, -0.2) is 4.39 Å². The number of rotatable bonds is 3. The molecule has 0 bridgehead atoms. The van der Waals surface area contributed by atoms with Gasteiger partial charge in [-0.15, -0.1) is 0 Å². The van der Waals surface area contributed by atoms with Crippen LogP contribution in [0.1, 0.15) is 18.0 Å². The number of carboxylic acids is 1. The van der Waals surface area contributed by atoms with Crippen LogP contribution in [0.5, 0.6) is 5.75 Å². The molecule has 0 amide bonds. The van der Waals surface area contributed by atoms with Crippen LogP contribution in [-0.4, -0.2) is 24.7 Å². The highest BCUT2D eigenvalue weighted by molar-refractivity contribution is 9.10. The van der Waals surface area contributed by atoms with E-state index in [2.05, 4.69) is 21.2 Å². The molecular weight excluding hydrogens is 324 g/mol. The van der Waals surface area contributed by atoms with Crippen LogP contribution in [0, 0.1) is 17.6 Å². The molecule has 0 aromatic heterocycles. The first kappa shape index (κ1) is 14.2. The van der Waals surface area contributed by atoms with Gasteiger partial charge in [0.15, 0.2) is 11.6 Å². The van der Waals surface area contributed by atoms with Crippen LogP contribution in [0.15, 0.2) is 10.5 Å². The van der Waals surface area contributed by atoms with E-state index < -0.39 is 29.6 Å². The van der Waals surface area contributed by atoms with E-state index in [-0.39, 0.29) is 24.3 Å². The Hall–Kier alpha value is -1.21. The zero-order valence-electron chi connectivity index (χ0n) is 10.0. The predicted octanol–water partition coefficient (Wildman–Crippen LogP) is 2.47. The Morgan fingerprint density at radius 3 is 2.74 bits per heavy atom. The zero-order chi connectivity index (χ0) is 14.2. The van der Waals surface area contributed by atoms with E-state index in [4.69, 9.17) is 9.84 Å². The molecular formula is C12H12BrF2NO3. The van der Waals surface area contributed by atoms with Crippen molar-refractivity contribution in [2.75, 3.05) is 13.7 Å². The summed E-state index contributed by atoms with van der Waals surface area (Å²) in [7, 11) is 1.25. The van der Waals surface area contributed by atoms with Crippen LogP contribution in [0.4, 0.5) is 8.78 Å². The van der Waals surface area contributed by atoms with Gasteiger partial charge in [0, 0.05) is 18.2 Å². The van der Waals surface area contributed by atoms with Crippen LogP contribution in [0.2, 0.25) is 0 Å². The summed E-state index contributed by atoms with van der Waals surface area (Å²) < 4.78 is 32.8. The maximum atomic E-state index is 13.9. The van der Waals surface area contributed by atoms with Crippen molar-refractivity contribution in [3.63, 3.8) is 0 Å². The van der Waals surface area contributed by atoms with Gasteiger partial charge in [0.25, 0.3) is 0 Å². The Kier molecular flexibility index (Phi) is 4.05. The van der Waals surface area contributed by atoms with Crippen molar-refractivity contribution in [2.24, 2.45) is 5.92 Å². The van der Waals surface area contributed by atoms with E-state index in [1.165, 1.54) is 13.2 Å². The highest BCUT2D eigenvalue weighted by Gasteiger charge is 2.33. The van der Waals surface area contributed by atoms with Crippen molar-refractivity contribution in [2.45, 2.75) is 12.5 Å². The molecule has 0 saturated carbocycles. The number of methoxy groups -OCH3 is 1. The van der Waals surface area contributed by atoms with Crippen LogP contribution < -0.4 is 10.1 Å². The predicted molar refractivity (Wildman–Crippen MR) is 67.1 cm³/mol. The summed E-state index contributed by atoms with van der Waals surface area (Å²) in [4.78, 5) is 10.9. The van der Waals surface area contributed by atoms with Gasteiger partial charge >= 0.3 is 5.97 Å². The molecule has 1 aliphatic rings. The number of hydrogen-bond donors (Lipinski definition) is 2. The average Bonchev–Trinajstić information content (AvgIpc) is 2.84. The summed E-state index contributed by atoms with van der Waals surface area (Å²) >= 11 is 3.11. The standard InChI is InChI=1S/C12H12BrF2NO3/c1-19-11-7(13)3-6(9(14)10(11)15)8-2-5(4-16-8)12(17)18/h3,5,8,16H,2,4H2,1H3,(H,17,18). The molecule has 7 heteroatoms. The average molecular weight is 336 g/mol. The quantitative estimate of drug-likeness (QED) is 0.833. The summed E-state index contributed by atoms with van der Waals surface area (Å²) in [6.45, 7) is 0.241. The van der Waals surface area contributed by atoms with Crippen LogP contribution in [-0.2, 0) is 4.79 Å². The van der Waals surface area contributed by atoms with E-state index in [0.29, 0.717) is 4.47 Å². The Morgan fingerprint density at radius 1 is 1.53 bits per heavy atom. The molecule has 0 aliphatic carbocycles. The van der Waals surface area contributed by atoms with Gasteiger partial charge in [-0.3, -0.25) is 4.79 Å². The minimum atomic E-state index is -1.08. The summed E-state index contributed by atoms with van der Waals surface area (Å²) in [6, 6.07) is 0.900. The SMILES string of the molecule is COc1c(Br)cc(C2CC(C(=O)O)CN2)c(F)c1F. The van der Waals surface area contributed by atoms with E-state index in [9.17, 15) is 13.6 Å². The first-order valence-corrected chi connectivity index (χ1v) is 6.42.